The highest BCUT2D eigenvalue weighted by atomic mass is 19.1. The molecule has 1 aromatic rings. The summed E-state index contributed by atoms with van der Waals surface area (Å²) in [4.78, 5) is 12.9. The summed E-state index contributed by atoms with van der Waals surface area (Å²) in [5, 5.41) is 17.5. The van der Waals surface area contributed by atoms with Crippen molar-refractivity contribution in [2.75, 3.05) is 32.9 Å². The Kier molecular flexibility index (Phi) is 6.10. The van der Waals surface area contributed by atoms with E-state index in [1.807, 2.05) is 0 Å². The lowest BCUT2D eigenvalue weighted by molar-refractivity contribution is -0.134. The summed E-state index contributed by atoms with van der Waals surface area (Å²) in [5.41, 5.74) is 0. The number of benzene rings is 1. The first kappa shape index (κ1) is 14.4. The van der Waals surface area contributed by atoms with Crippen molar-refractivity contribution in [3.05, 3.63) is 30.1 Å². The largest absolute Gasteiger partial charge is 0.481 e. The molecule has 0 bridgehead atoms. The fraction of sp³-hybridized carbons (Fsp3) is 0.417. The van der Waals surface area contributed by atoms with Crippen LogP contribution in [0.25, 0.3) is 0 Å². The Bertz CT molecular complexity index is 380. The number of hydrogen-bond acceptors (Lipinski definition) is 4. The highest BCUT2D eigenvalue weighted by Crippen LogP contribution is 2.15. The third-order valence-electron chi connectivity index (χ3n) is 2.28. The van der Waals surface area contributed by atoms with E-state index in [0.29, 0.717) is 0 Å². The van der Waals surface area contributed by atoms with Crippen molar-refractivity contribution in [3.63, 3.8) is 0 Å². The van der Waals surface area contributed by atoms with Gasteiger partial charge in [0.25, 0.3) is 5.91 Å². The zero-order valence-electron chi connectivity index (χ0n) is 9.88. The molecule has 0 aliphatic rings. The highest BCUT2D eigenvalue weighted by molar-refractivity contribution is 5.77. The molecule has 0 aliphatic heterocycles. The Morgan fingerprint density at radius 3 is 2.39 bits per heavy atom. The van der Waals surface area contributed by atoms with Crippen LogP contribution in [0.4, 0.5) is 4.39 Å². The normalized spacial score (nSPS) is 10.2. The molecular formula is C12H16FNO4. The summed E-state index contributed by atoms with van der Waals surface area (Å²) in [6.07, 6.45) is 0. The van der Waals surface area contributed by atoms with E-state index in [1.54, 1.807) is 6.07 Å². The van der Waals surface area contributed by atoms with Crippen molar-refractivity contribution in [1.29, 1.82) is 0 Å². The van der Waals surface area contributed by atoms with Crippen molar-refractivity contribution in [2.45, 2.75) is 0 Å². The number of nitrogens with zero attached hydrogens (tertiary/aromatic N) is 1. The molecule has 1 rings (SSSR count). The number of aliphatic hydroxyl groups is 2. The van der Waals surface area contributed by atoms with E-state index in [-0.39, 0.29) is 38.7 Å². The van der Waals surface area contributed by atoms with E-state index in [9.17, 15) is 9.18 Å². The van der Waals surface area contributed by atoms with E-state index < -0.39 is 11.7 Å². The molecule has 5 nitrogen and oxygen atoms in total. The molecule has 2 N–H and O–H groups in total. The van der Waals surface area contributed by atoms with Crippen molar-refractivity contribution >= 4 is 5.91 Å². The molecule has 0 spiro atoms. The number of aliphatic hydroxyl groups excluding tert-OH is 2. The maximum absolute atomic E-state index is 13.2. The van der Waals surface area contributed by atoms with Gasteiger partial charge in [0.1, 0.15) is 0 Å². The van der Waals surface area contributed by atoms with Crippen LogP contribution >= 0.6 is 0 Å². The molecule has 0 fully saturated rings. The minimum atomic E-state index is -0.541. The molecule has 18 heavy (non-hydrogen) atoms. The summed E-state index contributed by atoms with van der Waals surface area (Å²) in [6, 6.07) is 5.78. The summed E-state index contributed by atoms with van der Waals surface area (Å²) in [7, 11) is 0. The number of amides is 1. The molecule has 1 aromatic carbocycles. The average molecular weight is 257 g/mol. The van der Waals surface area contributed by atoms with Gasteiger partial charge < -0.3 is 19.8 Å². The maximum Gasteiger partial charge on any atom is 0.260 e. The van der Waals surface area contributed by atoms with Gasteiger partial charge in [0, 0.05) is 13.1 Å². The third kappa shape index (κ3) is 4.31. The maximum atomic E-state index is 13.2. The molecule has 0 saturated heterocycles. The standard InChI is InChI=1S/C12H16FNO4/c13-10-3-1-2-4-11(10)18-9-12(17)14(5-7-15)6-8-16/h1-4,15-16H,5-9H2. The lowest BCUT2D eigenvalue weighted by Crippen LogP contribution is -2.38. The van der Waals surface area contributed by atoms with Gasteiger partial charge in [-0.2, -0.15) is 0 Å². The zero-order chi connectivity index (χ0) is 13.4. The van der Waals surface area contributed by atoms with Crippen LogP contribution in [0.2, 0.25) is 0 Å². The van der Waals surface area contributed by atoms with Crippen LogP contribution in [-0.4, -0.2) is 53.9 Å². The molecule has 1 amide bonds. The average Bonchev–Trinajstić information content (AvgIpc) is 2.37. The number of rotatable bonds is 7. The minimum absolute atomic E-state index is 0.00111. The Morgan fingerprint density at radius 1 is 1.22 bits per heavy atom. The van der Waals surface area contributed by atoms with Crippen molar-refractivity contribution in [1.82, 2.24) is 4.90 Å². The van der Waals surface area contributed by atoms with Gasteiger partial charge in [0.05, 0.1) is 13.2 Å². The molecule has 0 radical (unpaired) electrons. The van der Waals surface area contributed by atoms with Crippen LogP contribution < -0.4 is 4.74 Å². The van der Waals surface area contributed by atoms with Crippen molar-refractivity contribution < 1.29 is 24.1 Å². The van der Waals surface area contributed by atoms with Crippen LogP contribution in [0.15, 0.2) is 24.3 Å². The lowest BCUT2D eigenvalue weighted by atomic mass is 10.3. The fourth-order valence-corrected chi connectivity index (χ4v) is 1.40. The van der Waals surface area contributed by atoms with Gasteiger partial charge in [-0.05, 0) is 12.1 Å². The molecule has 100 valence electrons. The van der Waals surface area contributed by atoms with Gasteiger partial charge in [-0.3, -0.25) is 4.79 Å². The molecule has 0 aromatic heterocycles. The molecule has 0 heterocycles. The predicted octanol–water partition coefficient (Wildman–Crippen LogP) is 0.0177. The second-order valence-corrected chi connectivity index (χ2v) is 3.55. The van der Waals surface area contributed by atoms with E-state index >= 15 is 0 Å². The zero-order valence-corrected chi connectivity index (χ0v) is 9.88. The number of carbonyl (C=O) groups excluding carboxylic acids is 1. The number of para-hydroxylation sites is 1. The number of halogens is 1. The van der Waals surface area contributed by atoms with Gasteiger partial charge in [-0.1, -0.05) is 12.1 Å². The SMILES string of the molecule is O=C(COc1ccccc1F)N(CCO)CCO. The van der Waals surface area contributed by atoms with Gasteiger partial charge in [0.15, 0.2) is 18.2 Å². The van der Waals surface area contributed by atoms with Gasteiger partial charge in [-0.15, -0.1) is 0 Å². The Labute approximate surface area is 104 Å². The molecule has 0 saturated carbocycles. The van der Waals surface area contributed by atoms with Crippen LogP contribution in [-0.2, 0) is 4.79 Å². The van der Waals surface area contributed by atoms with Crippen molar-refractivity contribution in [3.8, 4) is 5.75 Å². The summed E-state index contributed by atoms with van der Waals surface area (Å²) in [6.45, 7) is -0.516. The number of carbonyl (C=O) groups is 1. The number of ether oxygens (including phenoxy) is 1. The topological polar surface area (TPSA) is 70.0 Å². The van der Waals surface area contributed by atoms with Crippen LogP contribution in [0.3, 0.4) is 0 Å². The Morgan fingerprint density at radius 2 is 1.83 bits per heavy atom. The Balaban J connectivity index is 2.51. The van der Waals surface area contributed by atoms with Crippen LogP contribution in [0.1, 0.15) is 0 Å². The molecule has 6 heteroatoms. The summed E-state index contributed by atoms with van der Waals surface area (Å²) >= 11 is 0. The first-order valence-corrected chi connectivity index (χ1v) is 5.56. The first-order chi connectivity index (χ1) is 8.69. The van der Waals surface area contributed by atoms with Crippen molar-refractivity contribution in [2.24, 2.45) is 0 Å². The molecule has 0 atom stereocenters. The first-order valence-electron chi connectivity index (χ1n) is 5.56. The fourth-order valence-electron chi connectivity index (χ4n) is 1.40. The van der Waals surface area contributed by atoms with E-state index in [1.165, 1.54) is 23.1 Å². The molecular weight excluding hydrogens is 241 g/mol. The second-order valence-electron chi connectivity index (χ2n) is 3.55. The monoisotopic (exact) mass is 257 g/mol. The summed E-state index contributed by atoms with van der Waals surface area (Å²) in [5.74, 6) is -0.957. The Hall–Kier alpha value is -1.66. The van der Waals surface area contributed by atoms with E-state index in [2.05, 4.69) is 0 Å². The van der Waals surface area contributed by atoms with E-state index in [0.717, 1.165) is 0 Å². The van der Waals surface area contributed by atoms with Crippen LogP contribution in [0.5, 0.6) is 5.75 Å². The second kappa shape index (κ2) is 7.62. The predicted molar refractivity (Wildman–Crippen MR) is 62.6 cm³/mol. The quantitative estimate of drug-likeness (QED) is 0.722. The minimum Gasteiger partial charge on any atom is -0.481 e. The molecule has 0 unspecified atom stereocenters. The highest BCUT2D eigenvalue weighted by Gasteiger charge is 2.13. The summed E-state index contributed by atoms with van der Waals surface area (Å²) < 4.78 is 18.3. The van der Waals surface area contributed by atoms with Gasteiger partial charge in [-0.25, -0.2) is 4.39 Å². The van der Waals surface area contributed by atoms with E-state index in [4.69, 9.17) is 14.9 Å². The van der Waals surface area contributed by atoms with Gasteiger partial charge >= 0.3 is 0 Å². The molecule has 0 aliphatic carbocycles. The van der Waals surface area contributed by atoms with Crippen LogP contribution in [0, 0.1) is 5.82 Å². The lowest BCUT2D eigenvalue weighted by Gasteiger charge is -2.20. The smallest absolute Gasteiger partial charge is 0.260 e. The third-order valence-corrected chi connectivity index (χ3v) is 2.28. The van der Waals surface area contributed by atoms with Gasteiger partial charge in [0.2, 0.25) is 0 Å². The number of hydrogen-bond donors (Lipinski definition) is 2.